The quantitative estimate of drug-likeness (QED) is 0.326. The van der Waals surface area contributed by atoms with Gasteiger partial charge in [0.1, 0.15) is 0 Å². The molecular weight excluding hydrogens is 298 g/mol. The summed E-state index contributed by atoms with van der Waals surface area (Å²) in [5, 5.41) is 0. The number of hydrogen-bond donors (Lipinski definition) is 0. The average molecular weight is 310 g/mol. The molecule has 11 heavy (non-hydrogen) atoms. The fraction of sp³-hybridized carbons (Fsp3) is 1.00. The molecule has 0 amide bonds. The first kappa shape index (κ1) is 18.1. The Bertz CT molecular complexity index is 157. The van der Waals surface area contributed by atoms with Crippen molar-refractivity contribution in [2.24, 2.45) is 0 Å². The van der Waals surface area contributed by atoms with Crippen molar-refractivity contribution < 1.29 is 63.8 Å². The van der Waals surface area contributed by atoms with Crippen molar-refractivity contribution >= 4 is 10.4 Å². The molecule has 7 heteroatoms. The fourth-order valence-corrected chi connectivity index (χ4v) is 0. The summed E-state index contributed by atoms with van der Waals surface area (Å²) in [4.78, 5) is 0. The van der Waals surface area contributed by atoms with Gasteiger partial charge in [0.25, 0.3) is 0 Å². The van der Waals surface area contributed by atoms with Crippen molar-refractivity contribution in [3.05, 3.63) is 0 Å². The fourth-order valence-electron chi connectivity index (χ4n) is 0. The van der Waals surface area contributed by atoms with Crippen molar-refractivity contribution in [1.82, 2.24) is 0 Å². The second-order valence-corrected chi connectivity index (χ2v) is 3.91. The molecule has 0 aromatic rings. The molecule has 0 heterocycles. The number of rotatable bonds is 0. The van der Waals surface area contributed by atoms with E-state index >= 15 is 0 Å². The van der Waals surface area contributed by atoms with Gasteiger partial charge in [0, 0.05) is 52.1 Å². The van der Waals surface area contributed by atoms with Crippen molar-refractivity contribution in [2.75, 3.05) is 28.2 Å². The van der Waals surface area contributed by atoms with Gasteiger partial charge in [-0.1, -0.05) is 0 Å². The number of nitrogens with zero attached hydrogens (tertiary/aromatic N) is 1. The monoisotopic (exact) mass is 310 g/mol. The Morgan fingerprint density at radius 3 is 1.00 bits per heavy atom. The topological polar surface area (TPSA) is 80.3 Å². The summed E-state index contributed by atoms with van der Waals surface area (Å²) in [6.07, 6.45) is 0. The predicted molar refractivity (Wildman–Crippen MR) is 34.4 cm³/mol. The van der Waals surface area contributed by atoms with Gasteiger partial charge in [-0.25, -0.2) is 0 Å². The Labute approximate surface area is 101 Å². The predicted octanol–water partition coefficient (Wildman–Crippen LogP) is -1.02. The molecule has 0 saturated carbocycles. The molecule has 0 spiro atoms. The molecule has 0 aromatic heterocycles. The first-order chi connectivity index (χ1) is 4.00. The minimum absolute atomic E-state index is 0. The average Bonchev–Trinajstić information content (AvgIpc) is 1.12. The summed E-state index contributed by atoms with van der Waals surface area (Å²) in [6, 6.07) is 0. The first-order valence-corrected chi connectivity index (χ1v) is 3.79. The molecule has 0 bridgehead atoms. The van der Waals surface area contributed by atoms with Crippen LogP contribution >= 0.6 is 0 Å². The minimum Gasteiger partial charge on any atom is -0.759 e. The van der Waals surface area contributed by atoms with Gasteiger partial charge in [0.2, 0.25) is 0 Å². The van der Waals surface area contributed by atoms with Crippen LogP contribution in [-0.2, 0) is 10.4 Å². The van der Waals surface area contributed by atoms with E-state index in [9.17, 15) is 0 Å². The third kappa shape index (κ3) is 652. The largest absolute Gasteiger partial charge is 0.759 e. The number of hydrogen-bond acceptors (Lipinski definition) is 4. The van der Waals surface area contributed by atoms with E-state index in [4.69, 9.17) is 17.5 Å². The van der Waals surface area contributed by atoms with Crippen LogP contribution in [0.1, 0.15) is 0 Å². The van der Waals surface area contributed by atoms with Crippen LogP contribution in [-0.4, -0.2) is 50.2 Å². The summed E-state index contributed by atoms with van der Waals surface area (Å²) in [5.41, 5.74) is 0. The summed E-state index contributed by atoms with van der Waals surface area (Å²) in [5.74, 6) is 0. The van der Waals surface area contributed by atoms with Gasteiger partial charge >= 0.3 is 0 Å². The molecular formula is C4H12CeNO4S-. The summed E-state index contributed by atoms with van der Waals surface area (Å²) in [6.45, 7) is 0. The van der Waals surface area contributed by atoms with E-state index < -0.39 is 10.4 Å². The zero-order chi connectivity index (χ0) is 9.00. The van der Waals surface area contributed by atoms with Crippen LogP contribution in [0.2, 0.25) is 0 Å². The van der Waals surface area contributed by atoms with Crippen LogP contribution in [0.4, 0.5) is 0 Å². The summed E-state index contributed by atoms with van der Waals surface area (Å²) in [7, 11) is 3.33. The van der Waals surface area contributed by atoms with E-state index in [0.29, 0.717) is 0 Å². The van der Waals surface area contributed by atoms with Gasteiger partial charge in [0.15, 0.2) is 0 Å². The normalized spacial score (nSPS) is 10.7. The molecule has 0 saturated heterocycles. The van der Waals surface area contributed by atoms with Crippen molar-refractivity contribution in [3.63, 3.8) is 0 Å². The van der Waals surface area contributed by atoms with Crippen molar-refractivity contribution in [1.29, 1.82) is 0 Å². The zero-order valence-electron chi connectivity index (χ0n) is 6.99. The van der Waals surface area contributed by atoms with Gasteiger partial charge in [-0.15, -0.1) is 0 Å². The summed E-state index contributed by atoms with van der Waals surface area (Å²) >= 11 is 0. The Kier molecular flexibility index (Phi) is 11.0. The van der Waals surface area contributed by atoms with E-state index in [2.05, 4.69) is 28.2 Å². The van der Waals surface area contributed by atoms with Gasteiger partial charge < -0.3 is 13.6 Å². The van der Waals surface area contributed by atoms with E-state index in [1.165, 1.54) is 0 Å². The molecule has 0 rings (SSSR count). The SMILES string of the molecule is C[N+](C)(C)C.O=S(=O)([O-])[O-].[Ce]. The van der Waals surface area contributed by atoms with Crippen molar-refractivity contribution in [3.8, 4) is 0 Å². The molecule has 0 atom stereocenters. The second kappa shape index (κ2) is 6.69. The molecule has 0 N–H and O–H groups in total. The van der Waals surface area contributed by atoms with Crippen LogP contribution in [0.5, 0.6) is 0 Å². The van der Waals surface area contributed by atoms with E-state index in [1.807, 2.05) is 0 Å². The third-order valence-electron chi connectivity index (χ3n) is 0. The van der Waals surface area contributed by atoms with Gasteiger partial charge in [-0.05, 0) is 0 Å². The summed E-state index contributed by atoms with van der Waals surface area (Å²) < 4.78 is 35.1. The van der Waals surface area contributed by atoms with E-state index in [0.717, 1.165) is 4.48 Å². The van der Waals surface area contributed by atoms with Crippen molar-refractivity contribution in [2.45, 2.75) is 0 Å². The molecule has 0 aromatic carbocycles. The van der Waals surface area contributed by atoms with Gasteiger partial charge in [0.05, 0.1) is 28.2 Å². The number of quaternary nitrogens is 1. The Morgan fingerprint density at radius 1 is 1.00 bits per heavy atom. The standard InChI is InChI=1S/C4H12N.Ce.H2O4S/c1-5(2,3)4;;1-5(2,3)4/h1-4H3;;(H2,1,2,3,4)/q+1;;/p-2. The smallest absolute Gasteiger partial charge is 0.0675 e. The molecule has 0 aliphatic carbocycles. The molecule has 68 valence electrons. The van der Waals surface area contributed by atoms with Crippen LogP contribution in [0.3, 0.4) is 0 Å². The molecule has 0 unspecified atom stereocenters. The Morgan fingerprint density at radius 2 is 1.00 bits per heavy atom. The van der Waals surface area contributed by atoms with Gasteiger partial charge in [-0.2, -0.15) is 0 Å². The Hall–Kier alpha value is 1.21. The van der Waals surface area contributed by atoms with E-state index in [1.54, 1.807) is 0 Å². The molecule has 0 fully saturated rings. The van der Waals surface area contributed by atoms with Crippen LogP contribution in [0.25, 0.3) is 0 Å². The van der Waals surface area contributed by atoms with Crippen LogP contribution < -0.4 is 0 Å². The molecule has 0 aliphatic heterocycles. The molecule has 5 nitrogen and oxygen atoms in total. The maximum absolute atomic E-state index is 8.52. The second-order valence-electron chi connectivity index (χ2n) is 3.09. The maximum atomic E-state index is 8.52. The van der Waals surface area contributed by atoms with E-state index in [-0.39, 0.29) is 41.7 Å². The molecule has 0 radical (unpaired) electrons. The molecule has 0 aliphatic rings. The zero-order valence-corrected chi connectivity index (χ0v) is 10.9. The van der Waals surface area contributed by atoms with Crippen LogP contribution in [0.15, 0.2) is 0 Å². The van der Waals surface area contributed by atoms with Crippen LogP contribution in [0, 0.1) is 41.7 Å². The Balaban J connectivity index is -0.000000107. The third-order valence-corrected chi connectivity index (χ3v) is 0. The van der Waals surface area contributed by atoms with Gasteiger partial charge in [-0.3, -0.25) is 8.42 Å². The minimum atomic E-state index is -5.17. The maximum Gasteiger partial charge on any atom is 0.0675 e. The first-order valence-electron chi connectivity index (χ1n) is 2.46.